The van der Waals surface area contributed by atoms with E-state index in [0.717, 1.165) is 42.8 Å². The van der Waals surface area contributed by atoms with Crippen molar-refractivity contribution in [3.63, 3.8) is 0 Å². The Morgan fingerprint density at radius 3 is 2.51 bits per heavy atom. The number of likely N-dealkylation sites (tertiary alicyclic amines) is 1. The summed E-state index contributed by atoms with van der Waals surface area (Å²) < 4.78 is 16.1. The van der Waals surface area contributed by atoms with Gasteiger partial charge in [-0.15, -0.1) is 0 Å². The Morgan fingerprint density at radius 2 is 1.77 bits per heavy atom. The second-order valence-electron chi connectivity index (χ2n) is 9.16. The van der Waals surface area contributed by atoms with Crippen molar-refractivity contribution in [3.05, 3.63) is 47.5 Å². The first kappa shape index (κ1) is 24.9. The van der Waals surface area contributed by atoms with Crippen LogP contribution in [0.1, 0.15) is 30.4 Å². The average Bonchev–Trinajstić information content (AvgIpc) is 2.90. The van der Waals surface area contributed by atoms with E-state index in [1.807, 2.05) is 35.2 Å². The molecule has 35 heavy (non-hydrogen) atoms. The van der Waals surface area contributed by atoms with Gasteiger partial charge in [-0.25, -0.2) is 0 Å². The lowest BCUT2D eigenvalue weighted by Crippen LogP contribution is -2.46. The van der Waals surface area contributed by atoms with Gasteiger partial charge in [-0.1, -0.05) is 6.07 Å². The van der Waals surface area contributed by atoms with E-state index in [2.05, 4.69) is 10.2 Å². The molecule has 0 spiro atoms. The predicted octanol–water partition coefficient (Wildman–Crippen LogP) is 3.34. The molecule has 4 rings (SSSR count). The highest BCUT2D eigenvalue weighted by atomic mass is 16.5. The van der Waals surface area contributed by atoms with E-state index in [4.69, 9.17) is 14.2 Å². The summed E-state index contributed by atoms with van der Waals surface area (Å²) in [7, 11) is 4.87. The van der Waals surface area contributed by atoms with Crippen LogP contribution in [0.4, 0.5) is 5.69 Å². The van der Waals surface area contributed by atoms with E-state index < -0.39 is 0 Å². The number of amides is 2. The van der Waals surface area contributed by atoms with Gasteiger partial charge < -0.3 is 29.3 Å². The Morgan fingerprint density at radius 1 is 1.00 bits per heavy atom. The third kappa shape index (κ3) is 6.06. The highest BCUT2D eigenvalue weighted by molar-refractivity contribution is 5.91. The van der Waals surface area contributed by atoms with Gasteiger partial charge in [0.25, 0.3) is 0 Å². The summed E-state index contributed by atoms with van der Waals surface area (Å²) in [5, 5.41) is 2.93. The topological polar surface area (TPSA) is 80.3 Å². The molecule has 0 aromatic heterocycles. The Labute approximate surface area is 207 Å². The molecule has 8 nitrogen and oxygen atoms in total. The van der Waals surface area contributed by atoms with Crippen LogP contribution in [0.3, 0.4) is 0 Å². The van der Waals surface area contributed by atoms with Crippen molar-refractivity contribution in [1.82, 2.24) is 9.80 Å². The number of carbonyl (C=O) groups excluding carboxylic acids is 2. The minimum atomic E-state index is -0.0382. The van der Waals surface area contributed by atoms with Crippen molar-refractivity contribution >= 4 is 17.5 Å². The number of hydrogen-bond acceptors (Lipinski definition) is 6. The molecule has 8 heteroatoms. The Bertz CT molecular complexity index is 1060. The lowest BCUT2D eigenvalue weighted by Gasteiger charge is -2.36. The summed E-state index contributed by atoms with van der Waals surface area (Å²) in [6.07, 6.45) is 3.04. The number of nitrogens with zero attached hydrogens (tertiary/aromatic N) is 2. The van der Waals surface area contributed by atoms with E-state index in [1.165, 1.54) is 5.56 Å². The van der Waals surface area contributed by atoms with Crippen molar-refractivity contribution in [1.29, 1.82) is 0 Å². The zero-order valence-electron chi connectivity index (χ0n) is 20.8. The molecule has 2 aromatic carbocycles. The molecule has 2 aliphatic heterocycles. The molecule has 2 amide bonds. The van der Waals surface area contributed by atoms with Crippen LogP contribution in [0.15, 0.2) is 36.4 Å². The van der Waals surface area contributed by atoms with Gasteiger partial charge in [-0.05, 0) is 61.2 Å². The van der Waals surface area contributed by atoms with Crippen molar-refractivity contribution in [2.45, 2.75) is 32.2 Å². The monoisotopic (exact) mass is 481 g/mol. The van der Waals surface area contributed by atoms with Gasteiger partial charge >= 0.3 is 0 Å². The van der Waals surface area contributed by atoms with Crippen LogP contribution in [0.5, 0.6) is 17.2 Å². The third-order valence-electron chi connectivity index (χ3n) is 6.89. The maximum atomic E-state index is 13.4. The number of rotatable bonds is 8. The van der Waals surface area contributed by atoms with Crippen molar-refractivity contribution in [2.75, 3.05) is 52.8 Å². The van der Waals surface area contributed by atoms with Crippen LogP contribution in [-0.4, -0.2) is 69.1 Å². The fourth-order valence-electron chi connectivity index (χ4n) is 4.97. The van der Waals surface area contributed by atoms with Crippen LogP contribution < -0.4 is 19.5 Å². The summed E-state index contributed by atoms with van der Waals surface area (Å²) in [6, 6.07) is 11.3. The summed E-state index contributed by atoms with van der Waals surface area (Å²) in [5.41, 5.74) is 3.05. The minimum Gasteiger partial charge on any atom is -0.497 e. The van der Waals surface area contributed by atoms with Crippen LogP contribution in [0, 0.1) is 5.92 Å². The van der Waals surface area contributed by atoms with E-state index in [9.17, 15) is 9.59 Å². The molecule has 1 fully saturated rings. The summed E-state index contributed by atoms with van der Waals surface area (Å²) in [5.74, 6) is 2.26. The largest absolute Gasteiger partial charge is 0.497 e. The molecule has 2 heterocycles. The number of methoxy groups -OCH3 is 3. The predicted molar refractivity (Wildman–Crippen MR) is 134 cm³/mol. The number of piperidine rings is 1. The van der Waals surface area contributed by atoms with E-state index >= 15 is 0 Å². The smallest absolute Gasteiger partial charge is 0.227 e. The normalized spacial score (nSPS) is 17.9. The number of anilines is 1. The second kappa shape index (κ2) is 11.4. The van der Waals surface area contributed by atoms with Gasteiger partial charge in [0.05, 0.1) is 27.2 Å². The molecular weight excluding hydrogens is 446 g/mol. The van der Waals surface area contributed by atoms with Gasteiger partial charge in [-0.3, -0.25) is 9.59 Å². The number of nitrogens with one attached hydrogen (secondary N) is 1. The highest BCUT2D eigenvalue weighted by Crippen LogP contribution is 2.34. The van der Waals surface area contributed by atoms with Crippen molar-refractivity contribution in [3.8, 4) is 17.2 Å². The minimum absolute atomic E-state index is 0.0353. The fourth-order valence-corrected chi connectivity index (χ4v) is 4.97. The molecule has 1 saturated heterocycles. The number of carbonyl (C=O) groups is 2. The molecule has 2 aliphatic rings. The van der Waals surface area contributed by atoms with Crippen LogP contribution in [-0.2, 0) is 22.6 Å². The summed E-state index contributed by atoms with van der Waals surface area (Å²) >= 11 is 0. The first-order valence-electron chi connectivity index (χ1n) is 12.2. The van der Waals surface area contributed by atoms with E-state index in [0.29, 0.717) is 44.1 Å². The van der Waals surface area contributed by atoms with Gasteiger partial charge in [0.2, 0.25) is 11.8 Å². The Hall–Kier alpha value is -3.26. The summed E-state index contributed by atoms with van der Waals surface area (Å²) in [6.45, 7) is 3.55. The lowest BCUT2D eigenvalue weighted by atomic mass is 9.93. The number of ether oxygens (including phenoxy) is 3. The molecule has 0 saturated carbocycles. The molecule has 0 aliphatic carbocycles. The first-order chi connectivity index (χ1) is 17.0. The Kier molecular flexibility index (Phi) is 8.13. The van der Waals surface area contributed by atoms with Crippen LogP contribution in [0.2, 0.25) is 0 Å². The molecule has 0 radical (unpaired) electrons. The highest BCUT2D eigenvalue weighted by Gasteiger charge is 2.31. The van der Waals surface area contributed by atoms with E-state index in [1.54, 1.807) is 27.4 Å². The van der Waals surface area contributed by atoms with Crippen LogP contribution in [0.25, 0.3) is 0 Å². The zero-order chi connectivity index (χ0) is 24.8. The molecule has 2 aromatic rings. The maximum Gasteiger partial charge on any atom is 0.227 e. The standard InChI is InChI=1S/C27H35N3O5/c1-33-23-8-4-7-22(16-23)28-26(31)10-12-29-11-5-6-20(17-29)27(32)30-13-9-19-14-24(34-2)25(35-3)15-21(19)18-30/h4,7-8,14-16,20H,5-6,9-13,17-18H2,1-3H3,(H,28,31)/t20-/m1/s1. The van der Waals surface area contributed by atoms with Crippen LogP contribution >= 0.6 is 0 Å². The zero-order valence-corrected chi connectivity index (χ0v) is 20.8. The lowest BCUT2D eigenvalue weighted by molar-refractivity contribution is -0.138. The van der Waals surface area contributed by atoms with Crippen molar-refractivity contribution in [2.24, 2.45) is 5.92 Å². The van der Waals surface area contributed by atoms with Gasteiger partial charge in [0.1, 0.15) is 5.75 Å². The second-order valence-corrected chi connectivity index (χ2v) is 9.16. The molecule has 188 valence electrons. The molecule has 1 atom stereocenters. The SMILES string of the molecule is COc1cccc(NC(=O)CCN2CCC[C@@H](C(=O)N3CCc4cc(OC)c(OC)cc4C3)C2)c1. The molecule has 0 unspecified atom stereocenters. The van der Waals surface area contributed by atoms with Gasteiger partial charge in [-0.2, -0.15) is 0 Å². The van der Waals surface area contributed by atoms with Gasteiger partial charge in [0, 0.05) is 44.4 Å². The third-order valence-corrected chi connectivity index (χ3v) is 6.89. The van der Waals surface area contributed by atoms with E-state index in [-0.39, 0.29) is 17.7 Å². The average molecular weight is 482 g/mol. The molecule has 1 N–H and O–H groups in total. The molecular formula is C27H35N3O5. The fraction of sp³-hybridized carbons (Fsp3) is 0.481. The number of hydrogen-bond donors (Lipinski definition) is 1. The number of fused-ring (bicyclic) bond motifs is 1. The van der Waals surface area contributed by atoms with Gasteiger partial charge in [0.15, 0.2) is 11.5 Å². The first-order valence-corrected chi connectivity index (χ1v) is 12.2. The Balaban J connectivity index is 1.30. The summed E-state index contributed by atoms with van der Waals surface area (Å²) in [4.78, 5) is 30.0. The quantitative estimate of drug-likeness (QED) is 0.623. The maximum absolute atomic E-state index is 13.4. The number of benzene rings is 2. The van der Waals surface area contributed by atoms with Crippen molar-refractivity contribution < 1.29 is 23.8 Å². The molecule has 0 bridgehead atoms.